The molecule has 0 radical (unpaired) electrons. The zero-order chi connectivity index (χ0) is 24.2. The number of imide groups is 1. The summed E-state index contributed by atoms with van der Waals surface area (Å²) >= 11 is 0. The van der Waals surface area contributed by atoms with Gasteiger partial charge in [-0.25, -0.2) is 9.18 Å². The molecule has 174 valence electrons. The number of para-hydroxylation sites is 1. The SMILES string of the molecule is Cc1cc(C(=O)CN2C(=O)NC(C)(c3ccc4c(c3)CCC4)C2=O)c(C)n1-c1ccccc1F. The second-order valence-electron chi connectivity index (χ2n) is 9.28. The third-order valence-electron chi connectivity index (χ3n) is 7.08. The third kappa shape index (κ3) is 3.34. The molecule has 2 aromatic carbocycles. The number of hydrogen-bond acceptors (Lipinski definition) is 3. The second-order valence-corrected chi connectivity index (χ2v) is 9.28. The van der Waals surface area contributed by atoms with E-state index in [1.807, 2.05) is 18.2 Å². The van der Waals surface area contributed by atoms with Crippen molar-refractivity contribution in [3.8, 4) is 5.69 Å². The number of halogens is 1. The lowest BCUT2D eigenvalue weighted by Crippen LogP contribution is -2.41. The van der Waals surface area contributed by atoms with Crippen molar-refractivity contribution in [2.24, 2.45) is 0 Å². The van der Waals surface area contributed by atoms with Gasteiger partial charge in [-0.1, -0.05) is 30.3 Å². The molecule has 7 heteroatoms. The molecule has 1 aliphatic heterocycles. The van der Waals surface area contributed by atoms with E-state index in [2.05, 4.69) is 5.32 Å². The van der Waals surface area contributed by atoms with Crippen LogP contribution >= 0.6 is 0 Å². The van der Waals surface area contributed by atoms with E-state index in [1.165, 1.54) is 17.2 Å². The fourth-order valence-electron chi connectivity index (χ4n) is 5.20. The minimum atomic E-state index is -1.22. The Kier molecular flexibility index (Phi) is 5.15. The number of amides is 3. The maximum Gasteiger partial charge on any atom is 0.325 e. The molecule has 1 aromatic heterocycles. The number of aromatic nitrogens is 1. The Hall–Kier alpha value is -3.74. The summed E-state index contributed by atoms with van der Waals surface area (Å²) < 4.78 is 16.1. The van der Waals surface area contributed by atoms with Gasteiger partial charge >= 0.3 is 6.03 Å². The molecule has 5 rings (SSSR count). The lowest BCUT2D eigenvalue weighted by molar-refractivity contribution is -0.130. The highest BCUT2D eigenvalue weighted by molar-refractivity contribution is 6.11. The number of fused-ring (bicyclic) bond motifs is 1. The molecule has 6 nitrogen and oxygen atoms in total. The first kappa shape index (κ1) is 22.1. The fourth-order valence-corrected chi connectivity index (χ4v) is 5.20. The monoisotopic (exact) mass is 459 g/mol. The van der Waals surface area contributed by atoms with Crippen molar-refractivity contribution in [2.45, 2.75) is 45.6 Å². The van der Waals surface area contributed by atoms with Gasteiger partial charge in [0.15, 0.2) is 5.78 Å². The molecule has 1 N–H and O–H groups in total. The van der Waals surface area contributed by atoms with Crippen LogP contribution in [0.25, 0.3) is 5.69 Å². The molecule has 0 bridgehead atoms. The van der Waals surface area contributed by atoms with E-state index in [-0.39, 0.29) is 12.3 Å². The van der Waals surface area contributed by atoms with Gasteiger partial charge in [0.2, 0.25) is 0 Å². The van der Waals surface area contributed by atoms with Crippen molar-refractivity contribution in [3.05, 3.63) is 88.0 Å². The topological polar surface area (TPSA) is 71.4 Å². The first-order valence-corrected chi connectivity index (χ1v) is 11.4. The zero-order valence-corrected chi connectivity index (χ0v) is 19.4. The quantitative estimate of drug-likeness (QED) is 0.455. The zero-order valence-electron chi connectivity index (χ0n) is 19.4. The van der Waals surface area contributed by atoms with Crippen LogP contribution in [0.4, 0.5) is 9.18 Å². The van der Waals surface area contributed by atoms with E-state index < -0.39 is 23.3 Å². The fraction of sp³-hybridized carbons (Fsp3) is 0.296. The smallest absolute Gasteiger partial charge is 0.319 e. The normalized spacial score (nSPS) is 19.5. The number of Topliss-reactive ketones (excluding diaryl/α,β-unsaturated/α-hetero) is 1. The van der Waals surface area contributed by atoms with Crippen LogP contribution in [0.5, 0.6) is 0 Å². The van der Waals surface area contributed by atoms with Gasteiger partial charge in [0.05, 0.1) is 12.2 Å². The van der Waals surface area contributed by atoms with Crippen LogP contribution in [0.15, 0.2) is 48.5 Å². The van der Waals surface area contributed by atoms with Crippen molar-refractivity contribution in [1.29, 1.82) is 0 Å². The number of urea groups is 1. The van der Waals surface area contributed by atoms with Crippen molar-refractivity contribution in [3.63, 3.8) is 0 Å². The van der Waals surface area contributed by atoms with Crippen LogP contribution in [-0.4, -0.2) is 33.7 Å². The largest absolute Gasteiger partial charge is 0.325 e. The van der Waals surface area contributed by atoms with Crippen molar-refractivity contribution < 1.29 is 18.8 Å². The van der Waals surface area contributed by atoms with Gasteiger partial charge in [0, 0.05) is 17.0 Å². The second kappa shape index (κ2) is 7.94. The molecule has 1 aliphatic carbocycles. The standard InChI is InChI=1S/C27H26FN3O3/c1-16-13-21(17(2)31(16)23-10-5-4-9-22(23)28)24(32)15-30-25(33)27(3,29-26(30)34)20-12-11-18-7-6-8-19(18)14-20/h4-5,9-14H,6-8,15H2,1-3H3,(H,29,34). The van der Waals surface area contributed by atoms with Crippen LogP contribution in [0, 0.1) is 19.7 Å². The molecule has 2 aliphatic rings. The van der Waals surface area contributed by atoms with Gasteiger partial charge in [-0.15, -0.1) is 0 Å². The molecular formula is C27H26FN3O3. The van der Waals surface area contributed by atoms with E-state index in [1.54, 1.807) is 49.6 Å². The van der Waals surface area contributed by atoms with Gasteiger partial charge in [0.25, 0.3) is 5.91 Å². The van der Waals surface area contributed by atoms with Crippen LogP contribution in [0.1, 0.15) is 51.8 Å². The van der Waals surface area contributed by atoms with E-state index in [0.29, 0.717) is 22.6 Å². The minimum Gasteiger partial charge on any atom is -0.319 e. The first-order valence-electron chi connectivity index (χ1n) is 11.4. The van der Waals surface area contributed by atoms with Crippen molar-refractivity contribution in [2.75, 3.05) is 6.54 Å². The predicted octanol–water partition coefficient (Wildman–Crippen LogP) is 4.37. The lowest BCUT2D eigenvalue weighted by atomic mass is 9.89. The molecule has 34 heavy (non-hydrogen) atoms. The number of ketones is 1. The summed E-state index contributed by atoms with van der Waals surface area (Å²) in [6.45, 7) is 4.81. The molecule has 0 spiro atoms. The van der Waals surface area contributed by atoms with Crippen LogP contribution in [0.3, 0.4) is 0 Å². The lowest BCUT2D eigenvalue weighted by Gasteiger charge is -2.23. The Balaban J connectivity index is 1.42. The number of nitrogens with zero attached hydrogens (tertiary/aromatic N) is 2. The number of nitrogens with one attached hydrogen (secondary N) is 1. The Labute approximate surface area is 197 Å². The number of hydrogen-bond donors (Lipinski definition) is 1. The predicted molar refractivity (Wildman–Crippen MR) is 126 cm³/mol. The van der Waals surface area contributed by atoms with Gasteiger partial charge in [-0.3, -0.25) is 14.5 Å². The molecule has 0 saturated carbocycles. The van der Waals surface area contributed by atoms with Crippen LogP contribution in [-0.2, 0) is 23.2 Å². The summed E-state index contributed by atoms with van der Waals surface area (Å²) in [7, 11) is 0. The number of benzene rings is 2. The highest BCUT2D eigenvalue weighted by Gasteiger charge is 2.49. The number of carbonyl (C=O) groups excluding carboxylic acids is 3. The Morgan fingerprint density at radius 2 is 1.79 bits per heavy atom. The van der Waals surface area contributed by atoms with Gasteiger partial charge in [-0.2, -0.15) is 0 Å². The van der Waals surface area contributed by atoms with Gasteiger partial charge < -0.3 is 9.88 Å². The first-order chi connectivity index (χ1) is 16.2. The van der Waals surface area contributed by atoms with E-state index in [9.17, 15) is 18.8 Å². The molecule has 2 heterocycles. The maximum absolute atomic E-state index is 14.4. The molecule has 3 aromatic rings. The molecule has 1 unspecified atom stereocenters. The maximum atomic E-state index is 14.4. The summed E-state index contributed by atoms with van der Waals surface area (Å²) in [6.07, 6.45) is 3.07. The van der Waals surface area contributed by atoms with Crippen molar-refractivity contribution >= 4 is 17.7 Å². The van der Waals surface area contributed by atoms with E-state index in [0.717, 1.165) is 29.7 Å². The summed E-state index contributed by atoms with van der Waals surface area (Å²) in [4.78, 5) is 40.3. The molecule has 1 atom stereocenters. The molecule has 1 fully saturated rings. The van der Waals surface area contributed by atoms with Crippen LogP contribution in [0.2, 0.25) is 0 Å². The number of rotatable bonds is 5. The number of aryl methyl sites for hydroxylation is 3. The van der Waals surface area contributed by atoms with Crippen molar-refractivity contribution in [1.82, 2.24) is 14.8 Å². The Morgan fingerprint density at radius 3 is 2.56 bits per heavy atom. The summed E-state index contributed by atoms with van der Waals surface area (Å²) in [6, 6.07) is 13.3. The Morgan fingerprint density at radius 1 is 1.06 bits per heavy atom. The minimum absolute atomic E-state index is 0.343. The van der Waals surface area contributed by atoms with Crippen LogP contribution < -0.4 is 5.32 Å². The van der Waals surface area contributed by atoms with Gasteiger partial charge in [0.1, 0.15) is 11.4 Å². The van der Waals surface area contributed by atoms with Gasteiger partial charge in [-0.05, 0) is 74.9 Å². The molecule has 3 amide bonds. The summed E-state index contributed by atoms with van der Waals surface area (Å²) in [5.41, 5.74) is 3.92. The number of carbonyl (C=O) groups is 3. The van der Waals surface area contributed by atoms with E-state index >= 15 is 0 Å². The molecular weight excluding hydrogens is 433 g/mol. The Bertz CT molecular complexity index is 1360. The average Bonchev–Trinajstić information content (AvgIpc) is 3.45. The highest BCUT2D eigenvalue weighted by atomic mass is 19.1. The average molecular weight is 460 g/mol. The van der Waals surface area contributed by atoms with E-state index in [4.69, 9.17) is 0 Å². The molecule has 1 saturated heterocycles. The highest BCUT2D eigenvalue weighted by Crippen LogP contribution is 2.33. The summed E-state index contributed by atoms with van der Waals surface area (Å²) in [5.74, 6) is -1.23. The third-order valence-corrected chi connectivity index (χ3v) is 7.08. The summed E-state index contributed by atoms with van der Waals surface area (Å²) in [5, 5.41) is 2.79.